The van der Waals surface area contributed by atoms with Crippen LogP contribution in [0.15, 0.2) is 18.2 Å². The van der Waals surface area contributed by atoms with Crippen molar-refractivity contribution >= 4 is 17.6 Å². The Morgan fingerprint density at radius 2 is 2.00 bits per heavy atom. The highest BCUT2D eigenvalue weighted by atomic mass is 19.1. The van der Waals surface area contributed by atoms with E-state index in [-0.39, 0.29) is 23.8 Å². The summed E-state index contributed by atoms with van der Waals surface area (Å²) in [6.45, 7) is 4.85. The molecule has 1 fully saturated rings. The minimum atomic E-state index is -0.721. The molecule has 28 heavy (non-hydrogen) atoms. The summed E-state index contributed by atoms with van der Waals surface area (Å²) < 4.78 is 13.6. The van der Waals surface area contributed by atoms with Crippen molar-refractivity contribution in [2.75, 3.05) is 18.0 Å². The van der Waals surface area contributed by atoms with Crippen LogP contribution in [0.1, 0.15) is 57.9 Å². The topological polar surface area (TPSA) is 66.6 Å². The molecule has 1 aromatic carbocycles. The molecule has 1 aromatic rings. The molecule has 0 aromatic heterocycles. The number of amides is 3. The number of fused-ring (bicyclic) bond motifs is 1. The van der Waals surface area contributed by atoms with E-state index in [0.29, 0.717) is 18.9 Å². The quantitative estimate of drug-likeness (QED) is 0.799. The van der Waals surface area contributed by atoms with Crippen molar-refractivity contribution in [3.63, 3.8) is 0 Å². The molecule has 0 atom stereocenters. The van der Waals surface area contributed by atoms with Crippen LogP contribution in [-0.4, -0.2) is 35.5 Å². The van der Waals surface area contributed by atoms with Crippen LogP contribution in [-0.2, 0) is 11.2 Å². The summed E-state index contributed by atoms with van der Waals surface area (Å²) in [7, 11) is 0. The molecule has 1 radical (unpaired) electrons. The second kappa shape index (κ2) is 8.50. The summed E-state index contributed by atoms with van der Waals surface area (Å²) in [5.41, 5.74) is 7.18. The number of urea groups is 1. The van der Waals surface area contributed by atoms with Crippen LogP contribution >= 0.6 is 0 Å². The van der Waals surface area contributed by atoms with Gasteiger partial charge in [0.25, 0.3) is 0 Å². The van der Waals surface area contributed by atoms with E-state index in [4.69, 9.17) is 5.73 Å². The lowest BCUT2D eigenvalue weighted by molar-refractivity contribution is -0.124. The van der Waals surface area contributed by atoms with Gasteiger partial charge in [-0.1, -0.05) is 32.1 Å². The number of nitrogens with zero attached hydrogens (tertiary/aromatic N) is 2. The Labute approximate surface area is 167 Å². The highest BCUT2D eigenvalue weighted by Gasteiger charge is 2.36. The molecule has 1 heterocycles. The molecule has 5 nitrogen and oxygen atoms in total. The van der Waals surface area contributed by atoms with E-state index in [0.717, 1.165) is 35.4 Å². The fraction of sp³-hybridized carbons (Fsp3) is 0.591. The van der Waals surface area contributed by atoms with Crippen molar-refractivity contribution in [2.45, 2.75) is 64.3 Å². The zero-order chi connectivity index (χ0) is 20.3. The van der Waals surface area contributed by atoms with Crippen LogP contribution < -0.4 is 10.6 Å². The first-order chi connectivity index (χ1) is 13.3. The van der Waals surface area contributed by atoms with E-state index in [1.54, 1.807) is 18.6 Å². The summed E-state index contributed by atoms with van der Waals surface area (Å²) in [4.78, 5) is 27.7. The Kier molecular flexibility index (Phi) is 6.26. The highest BCUT2D eigenvalue weighted by molar-refractivity contribution is 5.98. The molecule has 0 saturated heterocycles. The number of nitrogens with two attached hydrogens (primary N) is 1. The van der Waals surface area contributed by atoms with E-state index < -0.39 is 6.03 Å². The van der Waals surface area contributed by atoms with E-state index in [1.807, 2.05) is 0 Å². The van der Waals surface area contributed by atoms with Crippen LogP contribution in [0, 0.1) is 18.2 Å². The van der Waals surface area contributed by atoms with Crippen molar-refractivity contribution in [3.8, 4) is 0 Å². The maximum absolute atomic E-state index is 13.6. The van der Waals surface area contributed by atoms with Crippen LogP contribution in [0.5, 0.6) is 0 Å². The number of rotatable bonds is 6. The monoisotopic (exact) mass is 388 g/mol. The molecule has 6 heteroatoms. The molecule has 2 aliphatic rings. The van der Waals surface area contributed by atoms with Gasteiger partial charge in [-0.25, -0.2) is 9.18 Å². The van der Waals surface area contributed by atoms with Crippen molar-refractivity contribution in [1.82, 2.24) is 4.90 Å². The first-order valence-electron chi connectivity index (χ1n) is 10.3. The van der Waals surface area contributed by atoms with Gasteiger partial charge in [0.15, 0.2) is 0 Å². The molecule has 3 amide bonds. The first kappa shape index (κ1) is 20.6. The lowest BCUT2D eigenvalue weighted by Crippen LogP contribution is -2.49. The van der Waals surface area contributed by atoms with Crippen molar-refractivity contribution in [2.24, 2.45) is 11.7 Å². The molecule has 0 unspecified atom stereocenters. The Bertz CT molecular complexity index is 728. The summed E-state index contributed by atoms with van der Waals surface area (Å²) in [6.07, 6.45) is 9.06. The maximum atomic E-state index is 13.6. The van der Waals surface area contributed by atoms with E-state index in [9.17, 15) is 14.0 Å². The second-order valence-electron chi connectivity index (χ2n) is 8.69. The number of halogens is 1. The smallest absolute Gasteiger partial charge is 0.321 e. The average molecular weight is 389 g/mol. The minimum Gasteiger partial charge on any atom is -0.364 e. The molecular formula is C22H31FN3O2. The van der Waals surface area contributed by atoms with Gasteiger partial charge in [0.05, 0.1) is 6.42 Å². The molecule has 1 aliphatic heterocycles. The van der Waals surface area contributed by atoms with Gasteiger partial charge in [-0.2, -0.15) is 0 Å². The Morgan fingerprint density at radius 1 is 1.29 bits per heavy atom. The molecule has 1 saturated carbocycles. The minimum absolute atomic E-state index is 0.214. The average Bonchev–Trinajstić information content (AvgIpc) is 2.89. The second-order valence-corrected chi connectivity index (χ2v) is 8.69. The van der Waals surface area contributed by atoms with Gasteiger partial charge in [-0.05, 0) is 56.4 Å². The number of benzene rings is 1. The summed E-state index contributed by atoms with van der Waals surface area (Å²) in [5.74, 6) is -0.0243. The van der Waals surface area contributed by atoms with Crippen LogP contribution in [0.3, 0.4) is 0 Å². The number of hydrogen-bond acceptors (Lipinski definition) is 3. The molecule has 3 rings (SSSR count). The number of carbonyl (C=O) groups is 2. The third kappa shape index (κ3) is 4.65. The standard InChI is InChI=1S/C22H31FN3O2/c1-22(2)15-17-14-18(23)9-10-19(17)26(22)13-12-25(21(24)28)20(27)11-8-16-6-4-3-5-7-16/h9-11,14,16H,3-8,12-13,15H2,1-2H3,(H2,24,28). The molecule has 2 N–H and O–H groups in total. The molecule has 153 valence electrons. The predicted molar refractivity (Wildman–Crippen MR) is 108 cm³/mol. The third-order valence-electron chi connectivity index (χ3n) is 6.12. The highest BCUT2D eigenvalue weighted by Crippen LogP contribution is 2.38. The van der Waals surface area contributed by atoms with Crippen LogP contribution in [0.25, 0.3) is 0 Å². The van der Waals surface area contributed by atoms with Gasteiger partial charge in [-0.3, -0.25) is 9.69 Å². The van der Waals surface area contributed by atoms with E-state index >= 15 is 0 Å². The van der Waals surface area contributed by atoms with E-state index in [1.165, 1.54) is 25.3 Å². The SMILES string of the molecule is CC1(C)Cc2cc(F)ccc2N1CCN(C(N)=O)C(=O)[CH]CC1CCCCC1. The van der Waals surface area contributed by atoms with Gasteiger partial charge >= 0.3 is 6.03 Å². The van der Waals surface area contributed by atoms with Gasteiger partial charge in [0.2, 0.25) is 5.91 Å². The van der Waals surface area contributed by atoms with Gasteiger partial charge in [0.1, 0.15) is 5.82 Å². The molecule has 1 aliphatic carbocycles. The Morgan fingerprint density at radius 3 is 2.68 bits per heavy atom. The fourth-order valence-corrected chi connectivity index (χ4v) is 4.60. The number of anilines is 1. The van der Waals surface area contributed by atoms with Gasteiger partial charge in [-0.15, -0.1) is 0 Å². The number of imide groups is 1. The van der Waals surface area contributed by atoms with E-state index in [2.05, 4.69) is 18.7 Å². The van der Waals surface area contributed by atoms with Crippen molar-refractivity contribution < 1.29 is 14.0 Å². The maximum Gasteiger partial charge on any atom is 0.321 e. The normalized spacial score (nSPS) is 18.8. The lowest BCUT2D eigenvalue weighted by atomic mass is 9.86. The summed E-state index contributed by atoms with van der Waals surface area (Å²) in [5, 5.41) is 0. The first-order valence-corrected chi connectivity index (χ1v) is 10.3. The van der Waals surface area contributed by atoms with Gasteiger partial charge in [0, 0.05) is 24.3 Å². The number of hydrogen-bond donors (Lipinski definition) is 1. The molecular weight excluding hydrogens is 357 g/mol. The van der Waals surface area contributed by atoms with Crippen molar-refractivity contribution in [1.29, 1.82) is 0 Å². The molecule has 0 bridgehead atoms. The van der Waals surface area contributed by atoms with Crippen LogP contribution in [0.4, 0.5) is 14.9 Å². The summed E-state index contributed by atoms with van der Waals surface area (Å²) >= 11 is 0. The fourth-order valence-electron chi connectivity index (χ4n) is 4.60. The number of primary amides is 1. The number of carbonyl (C=O) groups excluding carboxylic acids is 2. The largest absolute Gasteiger partial charge is 0.364 e. The third-order valence-corrected chi connectivity index (χ3v) is 6.12. The van der Waals surface area contributed by atoms with Gasteiger partial charge < -0.3 is 10.6 Å². The zero-order valence-corrected chi connectivity index (χ0v) is 16.9. The Balaban J connectivity index is 1.61. The predicted octanol–water partition coefficient (Wildman–Crippen LogP) is 4.05. The Hall–Kier alpha value is -2.11. The van der Waals surface area contributed by atoms with Crippen LogP contribution in [0.2, 0.25) is 0 Å². The molecule has 0 spiro atoms. The summed E-state index contributed by atoms with van der Waals surface area (Å²) in [6, 6.07) is 4.06. The van der Waals surface area contributed by atoms with Crippen molar-refractivity contribution in [3.05, 3.63) is 36.0 Å². The zero-order valence-electron chi connectivity index (χ0n) is 16.9. The lowest BCUT2D eigenvalue weighted by Gasteiger charge is -2.35.